The molecule has 0 aromatic rings. The summed E-state index contributed by atoms with van der Waals surface area (Å²) in [7, 11) is 0. The fraction of sp³-hybridized carbons (Fsp3) is 1.00. The Labute approximate surface area is 75.2 Å². The Balaban J connectivity index is 1.91. The molecule has 72 valence electrons. The molecule has 0 aromatic heterocycles. The van der Waals surface area contributed by atoms with Crippen LogP contribution in [0.5, 0.6) is 0 Å². The smallest absolute Gasteiger partial charge is 0.157 e. The quantitative estimate of drug-likeness (QED) is 0.594. The van der Waals surface area contributed by atoms with Gasteiger partial charge >= 0.3 is 0 Å². The Bertz CT molecular complexity index is 98.0. The third kappa shape index (κ3) is 4.07. The van der Waals surface area contributed by atoms with E-state index in [-0.39, 0.29) is 6.29 Å². The lowest BCUT2D eigenvalue weighted by molar-refractivity contribution is -0.162. The Kier molecular flexibility index (Phi) is 5.37. The topological polar surface area (TPSA) is 18.5 Å². The molecular weight excluding hydrogens is 152 g/mol. The molecule has 1 fully saturated rings. The predicted molar refractivity (Wildman–Crippen MR) is 49.1 cm³/mol. The second-order valence-corrected chi connectivity index (χ2v) is 3.37. The van der Waals surface area contributed by atoms with E-state index in [2.05, 4.69) is 6.92 Å². The Hall–Kier alpha value is -0.0800. The molecule has 1 atom stereocenters. The summed E-state index contributed by atoms with van der Waals surface area (Å²) in [6.45, 7) is 3.97. The summed E-state index contributed by atoms with van der Waals surface area (Å²) in [4.78, 5) is 0. The van der Waals surface area contributed by atoms with Gasteiger partial charge in [0.1, 0.15) is 0 Å². The summed E-state index contributed by atoms with van der Waals surface area (Å²) in [6, 6.07) is 0. The van der Waals surface area contributed by atoms with Crippen LogP contribution in [0.15, 0.2) is 0 Å². The molecule has 0 spiro atoms. The van der Waals surface area contributed by atoms with Gasteiger partial charge in [0.05, 0.1) is 0 Å². The van der Waals surface area contributed by atoms with E-state index in [1.54, 1.807) is 0 Å². The van der Waals surface area contributed by atoms with E-state index < -0.39 is 0 Å². The van der Waals surface area contributed by atoms with E-state index in [0.29, 0.717) is 0 Å². The van der Waals surface area contributed by atoms with Crippen molar-refractivity contribution in [3.63, 3.8) is 0 Å². The van der Waals surface area contributed by atoms with Gasteiger partial charge in [-0.1, -0.05) is 19.8 Å². The zero-order valence-corrected chi connectivity index (χ0v) is 8.05. The molecule has 0 bridgehead atoms. The lowest BCUT2D eigenvalue weighted by Crippen LogP contribution is -2.22. The third-order valence-electron chi connectivity index (χ3n) is 2.19. The molecule has 1 unspecified atom stereocenters. The second kappa shape index (κ2) is 6.44. The van der Waals surface area contributed by atoms with Gasteiger partial charge in [-0.15, -0.1) is 0 Å². The van der Waals surface area contributed by atoms with Crippen molar-refractivity contribution in [2.24, 2.45) is 0 Å². The summed E-state index contributed by atoms with van der Waals surface area (Å²) >= 11 is 0. The van der Waals surface area contributed by atoms with Crippen LogP contribution in [0.25, 0.3) is 0 Å². The maximum atomic E-state index is 5.56. The van der Waals surface area contributed by atoms with Crippen molar-refractivity contribution in [3.05, 3.63) is 0 Å². The summed E-state index contributed by atoms with van der Waals surface area (Å²) < 4.78 is 11.0. The third-order valence-corrected chi connectivity index (χ3v) is 2.19. The Morgan fingerprint density at radius 2 is 2.25 bits per heavy atom. The van der Waals surface area contributed by atoms with Gasteiger partial charge in [0.2, 0.25) is 0 Å². The van der Waals surface area contributed by atoms with Crippen LogP contribution in [0.3, 0.4) is 0 Å². The van der Waals surface area contributed by atoms with Gasteiger partial charge in [-0.2, -0.15) is 0 Å². The van der Waals surface area contributed by atoms with E-state index >= 15 is 0 Å². The fourth-order valence-electron chi connectivity index (χ4n) is 1.41. The Morgan fingerprint density at radius 1 is 1.33 bits per heavy atom. The van der Waals surface area contributed by atoms with Crippen molar-refractivity contribution in [2.75, 3.05) is 13.2 Å². The zero-order chi connectivity index (χ0) is 8.65. The van der Waals surface area contributed by atoms with Gasteiger partial charge in [-0.3, -0.25) is 0 Å². The summed E-state index contributed by atoms with van der Waals surface area (Å²) in [5, 5.41) is 0. The van der Waals surface area contributed by atoms with Crippen molar-refractivity contribution >= 4 is 0 Å². The molecule has 2 nitrogen and oxygen atoms in total. The van der Waals surface area contributed by atoms with E-state index in [0.717, 1.165) is 19.6 Å². The molecule has 0 N–H and O–H groups in total. The molecule has 12 heavy (non-hydrogen) atoms. The number of unbranched alkanes of at least 4 members (excludes halogenated alkanes) is 2. The standard InChI is InChI=1S/C10H20O2/c1-2-3-5-8-11-10-7-4-6-9-12-10/h10H,2-9H2,1H3. The average molecular weight is 172 g/mol. The van der Waals surface area contributed by atoms with Crippen molar-refractivity contribution in [3.8, 4) is 0 Å². The highest BCUT2D eigenvalue weighted by atomic mass is 16.7. The molecule has 2 heteroatoms. The van der Waals surface area contributed by atoms with Gasteiger partial charge in [-0.05, 0) is 25.7 Å². The minimum Gasteiger partial charge on any atom is -0.353 e. The van der Waals surface area contributed by atoms with Crippen LogP contribution in [0.1, 0.15) is 45.4 Å². The van der Waals surface area contributed by atoms with Crippen LogP contribution in [-0.2, 0) is 9.47 Å². The highest BCUT2D eigenvalue weighted by Crippen LogP contribution is 2.13. The number of hydrogen-bond acceptors (Lipinski definition) is 2. The van der Waals surface area contributed by atoms with E-state index in [1.807, 2.05) is 0 Å². The lowest BCUT2D eigenvalue weighted by atomic mass is 10.2. The van der Waals surface area contributed by atoms with E-state index in [4.69, 9.17) is 9.47 Å². The molecule has 0 amide bonds. The van der Waals surface area contributed by atoms with Gasteiger partial charge in [0.15, 0.2) is 6.29 Å². The molecule has 1 aliphatic rings. The lowest BCUT2D eigenvalue weighted by Gasteiger charge is -2.22. The first-order valence-electron chi connectivity index (χ1n) is 5.16. The SMILES string of the molecule is CCCCCOC1CCCCO1. The maximum absolute atomic E-state index is 5.56. The fourth-order valence-corrected chi connectivity index (χ4v) is 1.41. The predicted octanol–water partition coefficient (Wildman–Crippen LogP) is 2.72. The molecule has 0 aliphatic carbocycles. The molecule has 1 heterocycles. The largest absolute Gasteiger partial charge is 0.353 e. The van der Waals surface area contributed by atoms with Crippen molar-refractivity contribution in [1.29, 1.82) is 0 Å². The zero-order valence-electron chi connectivity index (χ0n) is 8.05. The average Bonchev–Trinajstić information content (AvgIpc) is 2.14. The van der Waals surface area contributed by atoms with Crippen LogP contribution >= 0.6 is 0 Å². The molecular formula is C10H20O2. The molecule has 1 rings (SSSR count). The summed E-state index contributed by atoms with van der Waals surface area (Å²) in [5.74, 6) is 0. The van der Waals surface area contributed by atoms with Crippen LogP contribution in [0.4, 0.5) is 0 Å². The summed E-state index contributed by atoms with van der Waals surface area (Å²) in [6.07, 6.45) is 7.37. The number of rotatable bonds is 5. The second-order valence-electron chi connectivity index (χ2n) is 3.37. The minimum atomic E-state index is 0.107. The Morgan fingerprint density at radius 3 is 2.92 bits per heavy atom. The number of ether oxygens (including phenoxy) is 2. The molecule has 0 radical (unpaired) electrons. The monoisotopic (exact) mass is 172 g/mol. The molecule has 1 saturated heterocycles. The first-order chi connectivity index (χ1) is 5.93. The molecule has 1 aliphatic heterocycles. The summed E-state index contributed by atoms with van der Waals surface area (Å²) in [5.41, 5.74) is 0. The first kappa shape index (κ1) is 10.0. The van der Waals surface area contributed by atoms with Crippen LogP contribution in [-0.4, -0.2) is 19.5 Å². The van der Waals surface area contributed by atoms with Gasteiger partial charge in [-0.25, -0.2) is 0 Å². The number of hydrogen-bond donors (Lipinski definition) is 0. The minimum absolute atomic E-state index is 0.107. The molecule has 0 saturated carbocycles. The molecule has 0 aromatic carbocycles. The van der Waals surface area contributed by atoms with Gasteiger partial charge in [0, 0.05) is 13.2 Å². The van der Waals surface area contributed by atoms with E-state index in [1.165, 1.54) is 32.1 Å². The normalized spacial score (nSPS) is 24.2. The maximum Gasteiger partial charge on any atom is 0.157 e. The van der Waals surface area contributed by atoms with Crippen LogP contribution in [0.2, 0.25) is 0 Å². The van der Waals surface area contributed by atoms with Gasteiger partial charge in [0.25, 0.3) is 0 Å². The highest BCUT2D eigenvalue weighted by molar-refractivity contribution is 4.53. The highest BCUT2D eigenvalue weighted by Gasteiger charge is 2.12. The van der Waals surface area contributed by atoms with Crippen LogP contribution in [0, 0.1) is 0 Å². The van der Waals surface area contributed by atoms with Crippen molar-refractivity contribution in [2.45, 2.75) is 51.7 Å². The van der Waals surface area contributed by atoms with Crippen molar-refractivity contribution in [1.82, 2.24) is 0 Å². The van der Waals surface area contributed by atoms with Crippen molar-refractivity contribution < 1.29 is 9.47 Å². The van der Waals surface area contributed by atoms with Gasteiger partial charge < -0.3 is 9.47 Å². The first-order valence-corrected chi connectivity index (χ1v) is 5.16. The van der Waals surface area contributed by atoms with E-state index in [9.17, 15) is 0 Å². The van der Waals surface area contributed by atoms with Crippen LogP contribution < -0.4 is 0 Å².